The fraction of sp³-hybridized carbons (Fsp3) is 0.591. The number of benzene rings is 1. The molecular weight excluding hydrogens is 370 g/mol. The van der Waals surface area contributed by atoms with Crippen molar-refractivity contribution in [1.29, 1.82) is 0 Å². The molecule has 2 heterocycles. The van der Waals surface area contributed by atoms with Gasteiger partial charge in [0.25, 0.3) is 0 Å². The number of hydrogen-bond donors (Lipinski definition) is 1. The van der Waals surface area contributed by atoms with Crippen molar-refractivity contribution in [2.75, 3.05) is 26.7 Å². The maximum Gasteiger partial charge on any atom is 0.226 e. The molecule has 1 N–H and O–H groups in total. The van der Waals surface area contributed by atoms with Gasteiger partial charge in [-0.2, -0.15) is 0 Å². The fourth-order valence-electron chi connectivity index (χ4n) is 4.03. The second-order valence-electron chi connectivity index (χ2n) is 8.23. The van der Waals surface area contributed by atoms with Crippen LogP contribution in [0.3, 0.4) is 0 Å². The van der Waals surface area contributed by atoms with E-state index in [2.05, 4.69) is 5.32 Å². The zero-order chi connectivity index (χ0) is 21.0. The lowest BCUT2D eigenvalue weighted by molar-refractivity contribution is -0.132. The number of hydrogen-bond acceptors (Lipinski definition) is 4. The van der Waals surface area contributed by atoms with Crippen molar-refractivity contribution >= 4 is 17.7 Å². The SMILES string of the molecule is COc1ccc(CC(=O)N2CCC(NC(=O)C3CC(=O)N(C(C)C)C3)CC2)cc1. The molecule has 1 aromatic rings. The Morgan fingerprint density at radius 2 is 1.83 bits per heavy atom. The first-order chi connectivity index (χ1) is 13.9. The summed E-state index contributed by atoms with van der Waals surface area (Å²) in [6.45, 7) is 5.72. The van der Waals surface area contributed by atoms with E-state index in [0.717, 1.165) is 24.2 Å². The van der Waals surface area contributed by atoms with E-state index in [4.69, 9.17) is 4.74 Å². The lowest BCUT2D eigenvalue weighted by atomic mass is 10.0. The number of nitrogens with zero attached hydrogens (tertiary/aromatic N) is 2. The van der Waals surface area contributed by atoms with Gasteiger partial charge >= 0.3 is 0 Å². The van der Waals surface area contributed by atoms with Crippen LogP contribution in [0.4, 0.5) is 0 Å². The molecule has 7 heteroatoms. The Hall–Kier alpha value is -2.57. The highest BCUT2D eigenvalue weighted by atomic mass is 16.5. The molecule has 0 radical (unpaired) electrons. The van der Waals surface area contributed by atoms with Crippen LogP contribution in [0.5, 0.6) is 5.75 Å². The lowest BCUT2D eigenvalue weighted by Gasteiger charge is -2.33. The number of amides is 3. The van der Waals surface area contributed by atoms with Gasteiger partial charge in [-0.1, -0.05) is 12.1 Å². The molecular formula is C22H31N3O4. The third kappa shape index (κ3) is 5.28. The number of likely N-dealkylation sites (tertiary alicyclic amines) is 2. The highest BCUT2D eigenvalue weighted by Gasteiger charge is 2.36. The summed E-state index contributed by atoms with van der Waals surface area (Å²) in [7, 11) is 1.62. The van der Waals surface area contributed by atoms with Crippen LogP contribution in [0.2, 0.25) is 0 Å². The summed E-state index contributed by atoms with van der Waals surface area (Å²) in [5.74, 6) is 0.635. The largest absolute Gasteiger partial charge is 0.497 e. The molecule has 1 unspecified atom stereocenters. The molecule has 0 bridgehead atoms. The number of carbonyl (C=O) groups excluding carboxylic acids is 3. The Morgan fingerprint density at radius 3 is 2.38 bits per heavy atom. The molecule has 2 aliphatic rings. The Labute approximate surface area is 172 Å². The predicted molar refractivity (Wildman–Crippen MR) is 109 cm³/mol. The van der Waals surface area contributed by atoms with E-state index in [-0.39, 0.29) is 35.7 Å². The molecule has 0 aromatic heterocycles. The zero-order valence-electron chi connectivity index (χ0n) is 17.5. The van der Waals surface area contributed by atoms with Crippen molar-refractivity contribution in [2.24, 2.45) is 5.92 Å². The van der Waals surface area contributed by atoms with Crippen molar-refractivity contribution in [3.63, 3.8) is 0 Å². The highest BCUT2D eigenvalue weighted by molar-refractivity contribution is 5.89. The molecule has 1 aromatic carbocycles. The van der Waals surface area contributed by atoms with Crippen molar-refractivity contribution in [3.05, 3.63) is 29.8 Å². The van der Waals surface area contributed by atoms with Gasteiger partial charge in [-0.15, -0.1) is 0 Å². The molecule has 0 saturated carbocycles. The maximum atomic E-state index is 12.6. The summed E-state index contributed by atoms with van der Waals surface area (Å²) in [5, 5.41) is 3.09. The van der Waals surface area contributed by atoms with Gasteiger partial charge in [0.2, 0.25) is 17.7 Å². The van der Waals surface area contributed by atoms with Crippen molar-refractivity contribution in [1.82, 2.24) is 15.1 Å². The van der Waals surface area contributed by atoms with Crippen LogP contribution in [0.15, 0.2) is 24.3 Å². The number of methoxy groups -OCH3 is 1. The summed E-state index contributed by atoms with van der Waals surface area (Å²) >= 11 is 0. The van der Waals surface area contributed by atoms with Gasteiger partial charge in [0.05, 0.1) is 19.4 Å². The monoisotopic (exact) mass is 401 g/mol. The molecule has 3 rings (SSSR count). The molecule has 3 amide bonds. The predicted octanol–water partition coefficient (Wildman–Crippen LogP) is 1.60. The molecule has 2 fully saturated rings. The van der Waals surface area contributed by atoms with Gasteiger partial charge in [-0.25, -0.2) is 0 Å². The van der Waals surface area contributed by atoms with Crippen LogP contribution in [-0.2, 0) is 20.8 Å². The van der Waals surface area contributed by atoms with Crippen LogP contribution >= 0.6 is 0 Å². The van der Waals surface area contributed by atoms with Crippen LogP contribution < -0.4 is 10.1 Å². The van der Waals surface area contributed by atoms with E-state index in [1.165, 1.54) is 0 Å². The first kappa shape index (κ1) is 21.1. The maximum absolute atomic E-state index is 12.6. The second-order valence-corrected chi connectivity index (χ2v) is 8.23. The third-order valence-corrected chi connectivity index (χ3v) is 5.86. The van der Waals surface area contributed by atoms with Gasteiger partial charge in [0, 0.05) is 38.1 Å². The minimum atomic E-state index is -0.264. The van der Waals surface area contributed by atoms with Crippen molar-refractivity contribution < 1.29 is 19.1 Å². The molecule has 158 valence electrons. The summed E-state index contributed by atoms with van der Waals surface area (Å²) in [6, 6.07) is 7.73. The second kappa shape index (κ2) is 9.29. The van der Waals surface area contributed by atoms with E-state index < -0.39 is 0 Å². The molecule has 0 spiro atoms. The van der Waals surface area contributed by atoms with Gasteiger partial charge in [-0.3, -0.25) is 14.4 Å². The van der Waals surface area contributed by atoms with Crippen molar-refractivity contribution in [2.45, 2.75) is 51.6 Å². The van der Waals surface area contributed by atoms with Crippen LogP contribution in [-0.4, -0.2) is 66.3 Å². The Kier molecular flexibility index (Phi) is 6.77. The highest BCUT2D eigenvalue weighted by Crippen LogP contribution is 2.21. The summed E-state index contributed by atoms with van der Waals surface area (Å²) in [6.07, 6.45) is 2.16. The van der Waals surface area contributed by atoms with Crippen LogP contribution in [0, 0.1) is 5.92 Å². The molecule has 2 saturated heterocycles. The quantitative estimate of drug-likeness (QED) is 0.785. The molecule has 1 atom stereocenters. The van der Waals surface area contributed by atoms with E-state index in [0.29, 0.717) is 32.5 Å². The van der Waals surface area contributed by atoms with E-state index in [1.54, 1.807) is 12.0 Å². The van der Waals surface area contributed by atoms with Crippen molar-refractivity contribution in [3.8, 4) is 5.75 Å². The van der Waals surface area contributed by atoms with Crippen LogP contribution in [0.1, 0.15) is 38.7 Å². The Morgan fingerprint density at radius 1 is 1.17 bits per heavy atom. The smallest absolute Gasteiger partial charge is 0.226 e. The van der Waals surface area contributed by atoms with E-state index in [1.807, 2.05) is 43.0 Å². The first-order valence-electron chi connectivity index (χ1n) is 10.4. The first-order valence-corrected chi connectivity index (χ1v) is 10.4. The van der Waals surface area contributed by atoms with Crippen LogP contribution in [0.25, 0.3) is 0 Å². The average Bonchev–Trinajstić information content (AvgIpc) is 3.11. The molecule has 0 aliphatic carbocycles. The Bertz CT molecular complexity index is 739. The standard InChI is InChI=1S/C22H31N3O4/c1-15(2)25-14-17(13-21(25)27)22(28)23-18-8-10-24(11-9-18)20(26)12-16-4-6-19(29-3)7-5-16/h4-7,15,17-18H,8-14H2,1-3H3,(H,23,28). The number of rotatable bonds is 6. The summed E-state index contributed by atoms with van der Waals surface area (Å²) < 4.78 is 5.14. The van der Waals surface area contributed by atoms with Gasteiger partial charge < -0.3 is 19.9 Å². The Balaban J connectivity index is 1.43. The number of carbonyl (C=O) groups is 3. The number of nitrogens with one attached hydrogen (secondary N) is 1. The van der Waals surface area contributed by atoms with E-state index in [9.17, 15) is 14.4 Å². The molecule has 7 nitrogen and oxygen atoms in total. The van der Waals surface area contributed by atoms with Gasteiger partial charge in [-0.05, 0) is 44.4 Å². The topological polar surface area (TPSA) is 79.0 Å². The fourth-order valence-corrected chi connectivity index (χ4v) is 4.03. The lowest BCUT2D eigenvalue weighted by Crippen LogP contribution is -2.48. The van der Waals surface area contributed by atoms with E-state index >= 15 is 0 Å². The van der Waals surface area contributed by atoms with Gasteiger partial charge in [0.1, 0.15) is 5.75 Å². The molecule has 2 aliphatic heterocycles. The zero-order valence-corrected chi connectivity index (χ0v) is 17.5. The third-order valence-electron chi connectivity index (χ3n) is 5.86. The average molecular weight is 402 g/mol. The number of ether oxygens (including phenoxy) is 1. The summed E-state index contributed by atoms with van der Waals surface area (Å²) in [5.41, 5.74) is 0.965. The normalized spacial score (nSPS) is 20.3. The summed E-state index contributed by atoms with van der Waals surface area (Å²) in [4.78, 5) is 40.8. The van der Waals surface area contributed by atoms with Gasteiger partial charge in [0.15, 0.2) is 0 Å². The molecule has 29 heavy (non-hydrogen) atoms. The minimum absolute atomic E-state index is 0.0375. The number of piperidine rings is 1. The minimum Gasteiger partial charge on any atom is -0.497 e.